The molecule has 0 fully saturated rings. The van der Waals surface area contributed by atoms with Crippen molar-refractivity contribution in [3.63, 3.8) is 0 Å². The zero-order valence-corrected chi connectivity index (χ0v) is 18.4. The third-order valence-electron chi connectivity index (χ3n) is 4.52. The summed E-state index contributed by atoms with van der Waals surface area (Å²) < 4.78 is 5.67. The van der Waals surface area contributed by atoms with Crippen LogP contribution in [0.2, 0.25) is 0 Å². The van der Waals surface area contributed by atoms with Gasteiger partial charge in [0.25, 0.3) is 11.8 Å². The average Bonchev–Trinajstić information content (AvgIpc) is 2.96. The molecule has 2 aromatic carbocycles. The number of imide groups is 1. The summed E-state index contributed by atoms with van der Waals surface area (Å²) in [5, 5.41) is 9.25. The van der Waals surface area contributed by atoms with Gasteiger partial charge < -0.3 is 14.7 Å². The molecule has 7 heteroatoms. The van der Waals surface area contributed by atoms with E-state index in [1.807, 2.05) is 45.0 Å². The molecule has 0 bridgehead atoms. The molecule has 1 heterocycles. The molecule has 2 amide bonds. The molecule has 0 unspecified atom stereocenters. The molecule has 1 N–H and O–H groups in total. The Balaban J connectivity index is 1.97. The number of amides is 2. The molecule has 2 aromatic rings. The Labute approximate surface area is 181 Å². The second kappa shape index (κ2) is 9.36. The number of rotatable bonds is 8. The van der Waals surface area contributed by atoms with Crippen LogP contribution in [-0.2, 0) is 9.59 Å². The van der Waals surface area contributed by atoms with E-state index < -0.39 is 0 Å². The van der Waals surface area contributed by atoms with Gasteiger partial charge in [-0.1, -0.05) is 12.1 Å². The monoisotopic (exact) mass is 426 g/mol. The summed E-state index contributed by atoms with van der Waals surface area (Å²) in [5.74, 6) is 0.302. The van der Waals surface area contributed by atoms with Crippen molar-refractivity contribution in [3.05, 3.63) is 59.0 Å². The number of aliphatic hydroxyl groups excluding tert-OH is 1. The average molecular weight is 427 g/mol. The molecule has 0 saturated carbocycles. The maximum Gasteiger partial charge on any atom is 0.272 e. The number of nitrogens with zero attached hydrogens (tertiary/aromatic N) is 2. The molecule has 0 spiro atoms. The van der Waals surface area contributed by atoms with Gasteiger partial charge in [-0.2, -0.15) is 0 Å². The van der Waals surface area contributed by atoms with Crippen LogP contribution in [-0.4, -0.2) is 49.5 Å². The first-order valence-corrected chi connectivity index (χ1v) is 10.7. The van der Waals surface area contributed by atoms with Gasteiger partial charge in [-0.3, -0.25) is 9.59 Å². The highest BCUT2D eigenvalue weighted by Crippen LogP contribution is 2.39. The van der Waals surface area contributed by atoms with E-state index in [0.717, 1.165) is 5.69 Å². The summed E-state index contributed by atoms with van der Waals surface area (Å²) in [6.45, 7) is 3.80. The maximum absolute atomic E-state index is 13.3. The third-order valence-corrected chi connectivity index (χ3v) is 5.57. The van der Waals surface area contributed by atoms with Crippen LogP contribution in [0.3, 0.4) is 0 Å². The van der Waals surface area contributed by atoms with Gasteiger partial charge in [0.1, 0.15) is 5.75 Å². The van der Waals surface area contributed by atoms with Crippen LogP contribution in [0.15, 0.2) is 53.4 Å². The summed E-state index contributed by atoms with van der Waals surface area (Å²) in [7, 11) is 3.86. The highest BCUT2D eigenvalue weighted by Gasteiger charge is 2.40. The van der Waals surface area contributed by atoms with E-state index in [9.17, 15) is 14.7 Å². The van der Waals surface area contributed by atoms with E-state index in [2.05, 4.69) is 0 Å². The second-order valence-corrected chi connectivity index (χ2v) is 8.43. The summed E-state index contributed by atoms with van der Waals surface area (Å²) >= 11 is 1.20. The van der Waals surface area contributed by atoms with Crippen molar-refractivity contribution in [3.8, 4) is 5.75 Å². The fourth-order valence-electron chi connectivity index (χ4n) is 3.15. The van der Waals surface area contributed by atoms with Crippen LogP contribution in [0.4, 0.5) is 11.4 Å². The van der Waals surface area contributed by atoms with Gasteiger partial charge in [0.2, 0.25) is 0 Å². The van der Waals surface area contributed by atoms with Crippen molar-refractivity contribution in [1.82, 2.24) is 0 Å². The topological polar surface area (TPSA) is 70.1 Å². The number of hydrogen-bond donors (Lipinski definition) is 1. The number of hydrogen-bond acceptors (Lipinski definition) is 6. The van der Waals surface area contributed by atoms with Crippen LogP contribution < -0.4 is 14.5 Å². The lowest BCUT2D eigenvalue weighted by atomic mass is 10.1. The van der Waals surface area contributed by atoms with E-state index in [-0.39, 0.29) is 24.5 Å². The van der Waals surface area contributed by atoms with Crippen molar-refractivity contribution in [2.75, 3.05) is 36.3 Å². The Kier molecular flexibility index (Phi) is 6.84. The molecular weight excluding hydrogens is 400 g/mol. The predicted octanol–water partition coefficient (Wildman–Crippen LogP) is 3.55. The minimum atomic E-state index is -0.367. The highest BCUT2D eigenvalue weighted by atomic mass is 32.2. The van der Waals surface area contributed by atoms with Crippen LogP contribution in [0.1, 0.15) is 19.4 Å². The minimum absolute atomic E-state index is 0.0426. The van der Waals surface area contributed by atoms with Gasteiger partial charge in [0, 0.05) is 25.5 Å². The number of aliphatic hydroxyl groups is 1. The Morgan fingerprint density at radius 2 is 1.63 bits per heavy atom. The molecule has 0 saturated heterocycles. The quantitative estimate of drug-likeness (QED) is 0.651. The highest BCUT2D eigenvalue weighted by molar-refractivity contribution is 8.04. The molecule has 3 rings (SSSR count). The van der Waals surface area contributed by atoms with E-state index in [1.165, 1.54) is 16.7 Å². The predicted molar refractivity (Wildman–Crippen MR) is 122 cm³/mol. The smallest absolute Gasteiger partial charge is 0.272 e. The van der Waals surface area contributed by atoms with Crippen molar-refractivity contribution in [2.45, 2.75) is 20.0 Å². The molecule has 0 atom stereocenters. The first-order valence-electron chi connectivity index (χ1n) is 9.74. The molecule has 6 nitrogen and oxygen atoms in total. The lowest BCUT2D eigenvalue weighted by Gasteiger charge is -2.18. The number of carbonyl (C=O) groups is 2. The van der Waals surface area contributed by atoms with E-state index >= 15 is 0 Å². The van der Waals surface area contributed by atoms with Crippen molar-refractivity contribution < 1.29 is 19.4 Å². The van der Waals surface area contributed by atoms with Gasteiger partial charge in [0.15, 0.2) is 0 Å². The van der Waals surface area contributed by atoms with E-state index in [4.69, 9.17) is 4.74 Å². The van der Waals surface area contributed by atoms with Gasteiger partial charge >= 0.3 is 0 Å². The second-order valence-electron chi connectivity index (χ2n) is 7.32. The van der Waals surface area contributed by atoms with Gasteiger partial charge in [-0.25, -0.2) is 4.90 Å². The Morgan fingerprint density at radius 1 is 1.00 bits per heavy atom. The van der Waals surface area contributed by atoms with Gasteiger partial charge in [-0.05, 0) is 55.8 Å². The molecule has 0 aromatic heterocycles. The molecule has 30 heavy (non-hydrogen) atoms. The third kappa shape index (κ3) is 4.52. The Bertz CT molecular complexity index is 950. The molecule has 1 aliphatic rings. The van der Waals surface area contributed by atoms with Gasteiger partial charge in [0.05, 0.1) is 28.9 Å². The fraction of sp³-hybridized carbons (Fsp3) is 0.304. The standard InChI is InChI=1S/C23H26N2O4S/c1-15(2)29-19-11-5-16(6-12-19)20-21(30-14-13-26)23(28)25(22(20)27)18-9-7-17(8-10-18)24(3)4/h5-12,15,26H,13-14H2,1-4H3. The van der Waals surface area contributed by atoms with E-state index in [1.54, 1.807) is 36.4 Å². The Hall–Kier alpha value is -2.77. The summed E-state index contributed by atoms with van der Waals surface area (Å²) in [5.41, 5.74) is 2.50. The number of benzene rings is 2. The van der Waals surface area contributed by atoms with Crippen LogP contribution in [0, 0.1) is 0 Å². The minimum Gasteiger partial charge on any atom is -0.491 e. The maximum atomic E-state index is 13.3. The first-order chi connectivity index (χ1) is 14.3. The van der Waals surface area contributed by atoms with Crippen molar-refractivity contribution in [1.29, 1.82) is 0 Å². The zero-order chi connectivity index (χ0) is 21.8. The summed E-state index contributed by atoms with van der Waals surface area (Å²) in [6.07, 6.45) is 0.0426. The zero-order valence-electron chi connectivity index (χ0n) is 17.6. The summed E-state index contributed by atoms with van der Waals surface area (Å²) in [4.78, 5) is 29.9. The Morgan fingerprint density at radius 3 is 2.17 bits per heavy atom. The molecule has 1 aliphatic heterocycles. The first kappa shape index (κ1) is 21.9. The van der Waals surface area contributed by atoms with Crippen LogP contribution in [0.25, 0.3) is 5.57 Å². The van der Waals surface area contributed by atoms with Crippen molar-refractivity contribution >= 4 is 40.5 Å². The number of ether oxygens (including phenoxy) is 1. The molecule has 158 valence electrons. The number of thioether (sulfide) groups is 1. The normalized spacial score (nSPS) is 14.1. The fourth-order valence-corrected chi connectivity index (χ4v) is 4.01. The number of anilines is 2. The molecule has 0 radical (unpaired) electrons. The SMILES string of the molecule is CC(C)Oc1ccc(C2=C(SCCO)C(=O)N(c3ccc(N(C)C)cc3)C2=O)cc1. The van der Waals surface area contributed by atoms with Gasteiger partial charge in [-0.15, -0.1) is 11.8 Å². The van der Waals surface area contributed by atoms with Crippen LogP contribution in [0.5, 0.6) is 5.75 Å². The molecular formula is C23H26N2O4S. The lowest BCUT2D eigenvalue weighted by molar-refractivity contribution is -0.119. The summed E-state index contributed by atoms with van der Waals surface area (Å²) in [6, 6.07) is 14.4. The largest absolute Gasteiger partial charge is 0.491 e. The lowest BCUT2D eigenvalue weighted by Crippen LogP contribution is -2.31. The number of carbonyl (C=O) groups excluding carboxylic acids is 2. The molecule has 0 aliphatic carbocycles. The van der Waals surface area contributed by atoms with Crippen molar-refractivity contribution in [2.24, 2.45) is 0 Å². The van der Waals surface area contributed by atoms with E-state index in [0.29, 0.717) is 33.2 Å². The van der Waals surface area contributed by atoms with Crippen LogP contribution >= 0.6 is 11.8 Å².